The smallest absolute Gasteiger partial charge is 0.374 e. The van der Waals surface area contributed by atoms with Gasteiger partial charge in [-0.3, -0.25) is 4.79 Å². The predicted octanol–water partition coefficient (Wildman–Crippen LogP) is -5.11. The molecule has 0 spiro atoms. The SMILES string of the molecule is CCOC(=O)C(C)=O.O=C([O-])CC(O)(CC(=O)[O-])C(=O)[O-]. The molecule has 0 aliphatic carbocycles. The number of aliphatic hydroxyl groups is 1. The van der Waals surface area contributed by atoms with Crippen LogP contribution in [0.3, 0.4) is 0 Å². The second-order valence-corrected chi connectivity index (χ2v) is 3.69. The first-order valence-corrected chi connectivity index (χ1v) is 5.47. The number of ketones is 1. The maximum atomic E-state index is 10.2. The number of esters is 1. The summed E-state index contributed by atoms with van der Waals surface area (Å²) in [4.78, 5) is 50.2. The van der Waals surface area contributed by atoms with Crippen LogP contribution in [0.2, 0.25) is 0 Å². The second kappa shape index (κ2) is 9.42. The number of carbonyl (C=O) groups is 5. The topological polar surface area (TPSA) is 184 Å². The molecule has 0 bridgehead atoms. The van der Waals surface area contributed by atoms with Gasteiger partial charge >= 0.3 is 5.97 Å². The molecular formula is C11H13O10-3. The van der Waals surface area contributed by atoms with Gasteiger partial charge in [0.05, 0.1) is 12.6 Å². The zero-order chi connectivity index (χ0) is 17.2. The van der Waals surface area contributed by atoms with Gasteiger partial charge in [0.1, 0.15) is 5.60 Å². The molecule has 120 valence electrons. The minimum Gasteiger partial charge on any atom is -0.550 e. The minimum atomic E-state index is -2.97. The van der Waals surface area contributed by atoms with Crippen LogP contribution >= 0.6 is 0 Å². The van der Waals surface area contributed by atoms with Crippen molar-refractivity contribution in [2.45, 2.75) is 32.3 Å². The number of ether oxygens (including phenoxy) is 1. The zero-order valence-corrected chi connectivity index (χ0v) is 11.2. The number of carbonyl (C=O) groups excluding carboxylic acids is 5. The number of carboxylic acids is 3. The van der Waals surface area contributed by atoms with E-state index in [4.69, 9.17) is 5.11 Å². The fourth-order valence-corrected chi connectivity index (χ4v) is 0.917. The van der Waals surface area contributed by atoms with E-state index >= 15 is 0 Å². The highest BCUT2D eigenvalue weighted by atomic mass is 16.5. The molecule has 0 aromatic heterocycles. The molecular weight excluding hydrogens is 292 g/mol. The molecule has 0 aliphatic rings. The van der Waals surface area contributed by atoms with Crippen molar-refractivity contribution in [1.82, 2.24) is 0 Å². The van der Waals surface area contributed by atoms with Crippen LogP contribution in [0, 0.1) is 0 Å². The third-order valence-electron chi connectivity index (χ3n) is 1.82. The Labute approximate surface area is 118 Å². The number of hydrogen-bond donors (Lipinski definition) is 1. The Morgan fingerprint density at radius 1 is 1.00 bits per heavy atom. The molecule has 0 aliphatic heterocycles. The highest BCUT2D eigenvalue weighted by Gasteiger charge is 2.29. The van der Waals surface area contributed by atoms with Gasteiger partial charge in [0, 0.05) is 31.7 Å². The standard InChI is InChI=1S/C6H8O7.C5H8O3/c7-3(8)1-6(13,5(11)12)2-4(9)10;1-3-8-5(7)4(2)6/h13H,1-2H2,(H,7,8)(H,9,10)(H,11,12);3H2,1-2H3/p-3. The largest absolute Gasteiger partial charge is 0.550 e. The average molecular weight is 305 g/mol. The molecule has 1 N–H and O–H groups in total. The highest BCUT2D eigenvalue weighted by molar-refractivity contribution is 6.32. The van der Waals surface area contributed by atoms with Gasteiger partial charge < -0.3 is 39.5 Å². The van der Waals surface area contributed by atoms with Crippen LogP contribution < -0.4 is 15.3 Å². The van der Waals surface area contributed by atoms with E-state index in [0.29, 0.717) is 0 Å². The van der Waals surface area contributed by atoms with Gasteiger partial charge in [-0.15, -0.1) is 0 Å². The first-order chi connectivity index (χ1) is 9.46. The lowest BCUT2D eigenvalue weighted by Crippen LogP contribution is -2.54. The molecule has 0 amide bonds. The van der Waals surface area contributed by atoms with E-state index in [1.165, 1.54) is 6.92 Å². The fourth-order valence-electron chi connectivity index (χ4n) is 0.917. The molecule has 0 heterocycles. The lowest BCUT2D eigenvalue weighted by molar-refractivity contribution is -0.339. The molecule has 0 aromatic carbocycles. The Balaban J connectivity index is 0. The van der Waals surface area contributed by atoms with E-state index in [2.05, 4.69) is 4.74 Å². The normalized spacial score (nSPS) is 9.86. The molecule has 0 saturated heterocycles. The number of Topliss-reactive ketones (excluding diaryl/α,β-unsaturated/α-hetero) is 1. The van der Waals surface area contributed by atoms with Gasteiger partial charge in [0.25, 0.3) is 0 Å². The van der Waals surface area contributed by atoms with Crippen molar-refractivity contribution in [1.29, 1.82) is 0 Å². The summed E-state index contributed by atoms with van der Waals surface area (Å²) in [5.41, 5.74) is -2.97. The third kappa shape index (κ3) is 10.0. The number of carboxylic acid groups (broad SMARTS) is 3. The molecule has 0 radical (unpaired) electrons. The maximum Gasteiger partial charge on any atom is 0.374 e. The summed E-state index contributed by atoms with van der Waals surface area (Å²) in [5.74, 6) is -7.29. The van der Waals surface area contributed by atoms with Crippen molar-refractivity contribution in [2.75, 3.05) is 6.61 Å². The van der Waals surface area contributed by atoms with Crippen LogP contribution in [0.1, 0.15) is 26.7 Å². The number of aliphatic carboxylic acids is 3. The second-order valence-electron chi connectivity index (χ2n) is 3.69. The summed E-state index contributed by atoms with van der Waals surface area (Å²) in [6.45, 7) is 3.09. The van der Waals surface area contributed by atoms with Crippen molar-refractivity contribution in [3.8, 4) is 0 Å². The first kappa shape index (κ1) is 20.8. The molecule has 10 heteroatoms. The monoisotopic (exact) mass is 305 g/mol. The average Bonchev–Trinajstić information content (AvgIpc) is 2.27. The maximum absolute atomic E-state index is 10.2. The quantitative estimate of drug-likeness (QED) is 0.352. The highest BCUT2D eigenvalue weighted by Crippen LogP contribution is 2.13. The van der Waals surface area contributed by atoms with Crippen molar-refractivity contribution < 1.29 is 49.1 Å². The van der Waals surface area contributed by atoms with Gasteiger partial charge in [0.2, 0.25) is 5.78 Å². The molecule has 0 atom stereocenters. The Hall–Kier alpha value is -2.49. The van der Waals surface area contributed by atoms with E-state index in [1.54, 1.807) is 6.92 Å². The van der Waals surface area contributed by atoms with Crippen molar-refractivity contribution in [2.24, 2.45) is 0 Å². The molecule has 0 saturated carbocycles. The molecule has 21 heavy (non-hydrogen) atoms. The Morgan fingerprint density at radius 2 is 1.38 bits per heavy atom. The van der Waals surface area contributed by atoms with Gasteiger partial charge in [-0.25, -0.2) is 4.79 Å². The predicted molar refractivity (Wildman–Crippen MR) is 56.5 cm³/mol. The van der Waals surface area contributed by atoms with Crippen LogP contribution in [0.25, 0.3) is 0 Å². The minimum absolute atomic E-state index is 0.262. The van der Waals surface area contributed by atoms with Crippen LogP contribution in [0.4, 0.5) is 0 Å². The number of rotatable bonds is 7. The molecule has 0 unspecified atom stereocenters. The molecule has 0 rings (SSSR count). The first-order valence-electron chi connectivity index (χ1n) is 5.47. The van der Waals surface area contributed by atoms with Crippen molar-refractivity contribution in [3.63, 3.8) is 0 Å². The fraction of sp³-hybridized carbons (Fsp3) is 0.545. The van der Waals surface area contributed by atoms with Gasteiger partial charge in [-0.1, -0.05) is 0 Å². The van der Waals surface area contributed by atoms with E-state index in [-0.39, 0.29) is 6.61 Å². The Kier molecular flexibility index (Phi) is 9.34. The van der Waals surface area contributed by atoms with Crippen molar-refractivity contribution >= 4 is 29.7 Å². The van der Waals surface area contributed by atoms with E-state index in [0.717, 1.165) is 0 Å². The Bertz CT molecular complexity index is 409. The molecule has 0 fully saturated rings. The summed E-state index contributed by atoms with van der Waals surface area (Å²) >= 11 is 0. The number of hydrogen-bond acceptors (Lipinski definition) is 10. The zero-order valence-electron chi connectivity index (χ0n) is 11.2. The summed E-state index contributed by atoms with van der Waals surface area (Å²) in [6, 6.07) is 0. The summed E-state index contributed by atoms with van der Waals surface area (Å²) in [6.07, 6.45) is -2.72. The summed E-state index contributed by atoms with van der Waals surface area (Å²) < 4.78 is 4.31. The molecule has 0 aromatic rings. The van der Waals surface area contributed by atoms with Crippen LogP contribution in [0.15, 0.2) is 0 Å². The van der Waals surface area contributed by atoms with E-state index in [9.17, 15) is 39.3 Å². The van der Waals surface area contributed by atoms with Crippen molar-refractivity contribution in [3.05, 3.63) is 0 Å². The van der Waals surface area contributed by atoms with Gasteiger partial charge in [-0.05, 0) is 6.92 Å². The van der Waals surface area contributed by atoms with Crippen LogP contribution in [-0.2, 0) is 28.7 Å². The summed E-state index contributed by atoms with van der Waals surface area (Å²) in [7, 11) is 0. The lowest BCUT2D eigenvalue weighted by Gasteiger charge is -2.29. The third-order valence-corrected chi connectivity index (χ3v) is 1.82. The summed E-state index contributed by atoms with van der Waals surface area (Å²) in [5, 5.41) is 38.9. The van der Waals surface area contributed by atoms with E-state index in [1.807, 2.05) is 0 Å². The van der Waals surface area contributed by atoms with Gasteiger partial charge in [-0.2, -0.15) is 0 Å². The van der Waals surface area contributed by atoms with Crippen LogP contribution in [0.5, 0.6) is 0 Å². The van der Waals surface area contributed by atoms with Gasteiger partial charge in [0.15, 0.2) is 0 Å². The van der Waals surface area contributed by atoms with Crippen LogP contribution in [-0.4, -0.2) is 47.0 Å². The molecule has 10 nitrogen and oxygen atoms in total. The lowest BCUT2D eigenvalue weighted by atomic mass is 9.96. The Morgan fingerprint density at radius 3 is 1.52 bits per heavy atom. The van der Waals surface area contributed by atoms with E-state index < -0.39 is 48.1 Å².